The molecule has 0 bridgehead atoms. The molecule has 0 aliphatic carbocycles. The molecule has 0 spiro atoms. The lowest BCUT2D eigenvalue weighted by molar-refractivity contribution is 0.102. The van der Waals surface area contributed by atoms with E-state index in [0.717, 1.165) is 41.4 Å². The van der Waals surface area contributed by atoms with Crippen molar-refractivity contribution in [3.8, 4) is 0 Å². The number of pyridine rings is 1. The van der Waals surface area contributed by atoms with Gasteiger partial charge in [0.1, 0.15) is 11.3 Å². The number of benzene rings is 1. The number of nitrogens with zero attached hydrogens (tertiary/aromatic N) is 3. The van der Waals surface area contributed by atoms with Crippen molar-refractivity contribution in [2.24, 2.45) is 0 Å². The molecule has 0 aliphatic heterocycles. The number of aryl methyl sites for hydroxylation is 2. The third-order valence-electron chi connectivity index (χ3n) is 4.72. The number of fused-ring (bicyclic) bond motifs is 1. The Hall–Kier alpha value is -2.82. The normalized spacial score (nSPS) is 10.9. The Kier molecular flexibility index (Phi) is 5.26. The summed E-state index contributed by atoms with van der Waals surface area (Å²) in [7, 11) is 0. The molecular weight excluding hydrogens is 324 g/mol. The van der Waals surface area contributed by atoms with Crippen LogP contribution < -0.4 is 10.2 Å². The first-order chi connectivity index (χ1) is 12.6. The molecule has 0 saturated carbocycles. The maximum atomic E-state index is 12.9. The zero-order valence-corrected chi connectivity index (χ0v) is 15.9. The molecule has 0 saturated heterocycles. The highest BCUT2D eigenvalue weighted by atomic mass is 16.2. The fourth-order valence-electron chi connectivity index (χ4n) is 3.27. The molecule has 0 unspecified atom stereocenters. The summed E-state index contributed by atoms with van der Waals surface area (Å²) in [6.07, 6.45) is 2.61. The highest BCUT2D eigenvalue weighted by molar-refractivity contribution is 6.04. The molecule has 0 fully saturated rings. The molecule has 2 heterocycles. The molecule has 1 aromatic carbocycles. The van der Waals surface area contributed by atoms with Gasteiger partial charge < -0.3 is 10.2 Å². The molecule has 2 aromatic heterocycles. The molecule has 26 heavy (non-hydrogen) atoms. The van der Waals surface area contributed by atoms with Gasteiger partial charge in [0.25, 0.3) is 5.91 Å². The van der Waals surface area contributed by atoms with Gasteiger partial charge in [-0.05, 0) is 63.1 Å². The van der Waals surface area contributed by atoms with Crippen molar-refractivity contribution in [3.05, 3.63) is 59.5 Å². The van der Waals surface area contributed by atoms with E-state index in [9.17, 15) is 4.79 Å². The molecule has 3 aromatic rings. The number of imidazole rings is 1. The maximum absolute atomic E-state index is 12.9. The third-order valence-corrected chi connectivity index (χ3v) is 4.72. The smallest absolute Gasteiger partial charge is 0.274 e. The summed E-state index contributed by atoms with van der Waals surface area (Å²) in [5, 5.41) is 3.01. The lowest BCUT2D eigenvalue weighted by atomic mass is 10.2. The average Bonchev–Trinajstić information content (AvgIpc) is 3.04. The molecule has 1 amide bonds. The van der Waals surface area contributed by atoms with Gasteiger partial charge in [-0.1, -0.05) is 13.0 Å². The van der Waals surface area contributed by atoms with E-state index >= 15 is 0 Å². The van der Waals surface area contributed by atoms with Crippen LogP contribution in [0, 0.1) is 6.92 Å². The first-order valence-corrected chi connectivity index (χ1v) is 9.21. The minimum absolute atomic E-state index is 0.129. The molecule has 0 atom stereocenters. The minimum atomic E-state index is -0.129. The Morgan fingerprint density at radius 2 is 1.81 bits per heavy atom. The number of hydrogen-bond acceptors (Lipinski definition) is 3. The topological polar surface area (TPSA) is 49.6 Å². The van der Waals surface area contributed by atoms with Crippen molar-refractivity contribution in [1.29, 1.82) is 0 Å². The molecule has 3 rings (SSSR count). The van der Waals surface area contributed by atoms with Crippen molar-refractivity contribution in [3.63, 3.8) is 0 Å². The Labute approximate surface area is 154 Å². The van der Waals surface area contributed by atoms with E-state index in [4.69, 9.17) is 0 Å². The summed E-state index contributed by atoms with van der Waals surface area (Å²) in [6, 6.07) is 11.9. The van der Waals surface area contributed by atoms with Gasteiger partial charge in [0.15, 0.2) is 0 Å². The summed E-state index contributed by atoms with van der Waals surface area (Å²) in [5.41, 5.74) is 5.27. The molecule has 5 heteroatoms. The number of anilines is 2. The Morgan fingerprint density at radius 1 is 1.12 bits per heavy atom. The first-order valence-electron chi connectivity index (χ1n) is 9.21. The minimum Gasteiger partial charge on any atom is -0.372 e. The van der Waals surface area contributed by atoms with Gasteiger partial charge in [0, 0.05) is 30.7 Å². The van der Waals surface area contributed by atoms with Crippen LogP contribution in [0.1, 0.15) is 42.5 Å². The van der Waals surface area contributed by atoms with Crippen LogP contribution in [0.4, 0.5) is 11.4 Å². The van der Waals surface area contributed by atoms with Gasteiger partial charge >= 0.3 is 0 Å². The molecule has 136 valence electrons. The van der Waals surface area contributed by atoms with E-state index in [2.05, 4.69) is 29.0 Å². The quantitative estimate of drug-likeness (QED) is 0.721. The van der Waals surface area contributed by atoms with Gasteiger partial charge in [-0.15, -0.1) is 0 Å². The molecule has 1 N–H and O–H groups in total. The molecule has 0 radical (unpaired) electrons. The monoisotopic (exact) mass is 350 g/mol. The number of hydrogen-bond donors (Lipinski definition) is 1. The van der Waals surface area contributed by atoms with Crippen LogP contribution >= 0.6 is 0 Å². The molecule has 5 nitrogen and oxygen atoms in total. The van der Waals surface area contributed by atoms with Crippen molar-refractivity contribution >= 4 is 22.9 Å². The van der Waals surface area contributed by atoms with E-state index in [-0.39, 0.29) is 5.91 Å². The van der Waals surface area contributed by atoms with Crippen LogP contribution in [0.25, 0.3) is 5.65 Å². The highest BCUT2D eigenvalue weighted by Crippen LogP contribution is 2.21. The van der Waals surface area contributed by atoms with Gasteiger partial charge in [-0.25, -0.2) is 4.98 Å². The SMILES string of the molecule is CCc1nc2c(C)cccn2c1C(=O)Nc1ccc(N(CC)CC)cc1. The van der Waals surface area contributed by atoms with Crippen LogP contribution in [0.5, 0.6) is 0 Å². The van der Waals surface area contributed by atoms with Crippen molar-refractivity contribution in [1.82, 2.24) is 9.38 Å². The predicted octanol–water partition coefficient (Wildman–Crippen LogP) is 4.30. The van der Waals surface area contributed by atoms with E-state index in [1.54, 1.807) is 0 Å². The Morgan fingerprint density at radius 3 is 2.42 bits per heavy atom. The second-order valence-corrected chi connectivity index (χ2v) is 6.32. The number of amides is 1. The van der Waals surface area contributed by atoms with Crippen LogP contribution in [0.15, 0.2) is 42.6 Å². The summed E-state index contributed by atoms with van der Waals surface area (Å²) in [4.78, 5) is 19.8. The lowest BCUT2D eigenvalue weighted by Crippen LogP contribution is -2.21. The van der Waals surface area contributed by atoms with Gasteiger partial charge in [-0.3, -0.25) is 9.20 Å². The summed E-state index contributed by atoms with van der Waals surface area (Å²) in [5.74, 6) is -0.129. The maximum Gasteiger partial charge on any atom is 0.274 e. The fraction of sp³-hybridized carbons (Fsp3) is 0.333. The average molecular weight is 350 g/mol. The summed E-state index contributed by atoms with van der Waals surface area (Å²) in [6.45, 7) is 10.2. The predicted molar refractivity (Wildman–Crippen MR) is 107 cm³/mol. The highest BCUT2D eigenvalue weighted by Gasteiger charge is 2.19. The van der Waals surface area contributed by atoms with Crippen LogP contribution in [-0.4, -0.2) is 28.4 Å². The van der Waals surface area contributed by atoms with Crippen LogP contribution in [-0.2, 0) is 6.42 Å². The standard InChI is InChI=1S/C21H26N4O/c1-5-18-19(25-14-8-9-15(4)20(25)23-18)21(26)22-16-10-12-17(13-11-16)24(6-2)7-3/h8-14H,5-7H2,1-4H3,(H,22,26). The second kappa shape index (κ2) is 7.60. The Bertz CT molecular complexity index is 908. The van der Waals surface area contributed by atoms with Gasteiger partial charge in [0.2, 0.25) is 0 Å². The second-order valence-electron chi connectivity index (χ2n) is 6.32. The van der Waals surface area contributed by atoms with Crippen LogP contribution in [0.2, 0.25) is 0 Å². The number of carbonyl (C=O) groups excluding carboxylic acids is 1. The Balaban J connectivity index is 1.89. The first kappa shape index (κ1) is 18.0. The van der Waals surface area contributed by atoms with Gasteiger partial charge in [0.05, 0.1) is 5.69 Å². The largest absolute Gasteiger partial charge is 0.372 e. The number of nitrogens with one attached hydrogen (secondary N) is 1. The van der Waals surface area contributed by atoms with E-state index < -0.39 is 0 Å². The molecule has 0 aliphatic rings. The molecular formula is C21H26N4O. The number of aromatic nitrogens is 2. The lowest BCUT2D eigenvalue weighted by Gasteiger charge is -2.21. The third kappa shape index (κ3) is 3.29. The number of rotatable bonds is 6. The summed E-state index contributed by atoms with van der Waals surface area (Å²) >= 11 is 0. The number of carbonyl (C=O) groups is 1. The zero-order valence-electron chi connectivity index (χ0n) is 15.9. The van der Waals surface area contributed by atoms with Crippen molar-refractivity contribution < 1.29 is 4.79 Å². The fourth-order valence-corrected chi connectivity index (χ4v) is 3.27. The van der Waals surface area contributed by atoms with Crippen molar-refractivity contribution in [2.75, 3.05) is 23.3 Å². The van der Waals surface area contributed by atoms with Crippen molar-refractivity contribution in [2.45, 2.75) is 34.1 Å². The van der Waals surface area contributed by atoms with Crippen LogP contribution in [0.3, 0.4) is 0 Å². The van der Waals surface area contributed by atoms with Gasteiger partial charge in [-0.2, -0.15) is 0 Å². The van der Waals surface area contributed by atoms with E-state index in [1.807, 2.05) is 60.8 Å². The zero-order chi connectivity index (χ0) is 18.7. The van der Waals surface area contributed by atoms with E-state index in [1.165, 1.54) is 0 Å². The van der Waals surface area contributed by atoms with E-state index in [0.29, 0.717) is 12.1 Å². The summed E-state index contributed by atoms with van der Waals surface area (Å²) < 4.78 is 1.88.